The van der Waals surface area contributed by atoms with Crippen molar-refractivity contribution in [1.29, 1.82) is 0 Å². The van der Waals surface area contributed by atoms with Gasteiger partial charge < -0.3 is 15.4 Å². The van der Waals surface area contributed by atoms with E-state index in [4.69, 9.17) is 4.74 Å². The molecule has 2 heterocycles. The first-order valence-corrected chi connectivity index (χ1v) is 10.6. The third kappa shape index (κ3) is 6.12. The van der Waals surface area contributed by atoms with E-state index in [2.05, 4.69) is 55.1 Å². The number of guanidine groups is 1. The summed E-state index contributed by atoms with van der Waals surface area (Å²) in [6.45, 7) is 16.8. The first-order valence-electron chi connectivity index (χ1n) is 10.6. The molecule has 26 heavy (non-hydrogen) atoms. The molecule has 5 nitrogen and oxygen atoms in total. The maximum absolute atomic E-state index is 6.11. The molecule has 0 aliphatic carbocycles. The van der Waals surface area contributed by atoms with Crippen molar-refractivity contribution >= 4 is 5.96 Å². The molecule has 0 radical (unpaired) electrons. The molecule has 0 aromatic rings. The molecular weight excluding hydrogens is 324 g/mol. The van der Waals surface area contributed by atoms with E-state index in [0.29, 0.717) is 24.0 Å². The van der Waals surface area contributed by atoms with E-state index in [9.17, 15) is 0 Å². The lowest BCUT2D eigenvalue weighted by atomic mass is 9.78. The van der Waals surface area contributed by atoms with Crippen LogP contribution < -0.4 is 10.6 Å². The normalized spacial score (nSPS) is 27.0. The van der Waals surface area contributed by atoms with Crippen molar-refractivity contribution < 1.29 is 4.74 Å². The van der Waals surface area contributed by atoms with Gasteiger partial charge in [0.15, 0.2) is 5.96 Å². The Bertz CT molecular complexity index is 438. The minimum Gasteiger partial charge on any atom is -0.377 e. The van der Waals surface area contributed by atoms with E-state index in [1.54, 1.807) is 0 Å². The molecule has 3 unspecified atom stereocenters. The third-order valence-corrected chi connectivity index (χ3v) is 5.91. The van der Waals surface area contributed by atoms with Crippen LogP contribution in [-0.2, 0) is 4.74 Å². The maximum Gasteiger partial charge on any atom is 0.191 e. The van der Waals surface area contributed by atoms with Crippen molar-refractivity contribution in [2.45, 2.75) is 72.4 Å². The Balaban J connectivity index is 1.84. The second-order valence-corrected chi connectivity index (χ2v) is 9.45. The molecule has 2 N–H and O–H groups in total. The van der Waals surface area contributed by atoms with E-state index >= 15 is 0 Å². The summed E-state index contributed by atoms with van der Waals surface area (Å²) in [4.78, 5) is 7.09. The molecule has 0 amide bonds. The van der Waals surface area contributed by atoms with Crippen molar-refractivity contribution in [2.24, 2.45) is 22.2 Å². The molecule has 0 spiro atoms. The predicted molar refractivity (Wildman–Crippen MR) is 111 cm³/mol. The van der Waals surface area contributed by atoms with E-state index < -0.39 is 0 Å². The number of rotatable bonds is 6. The van der Waals surface area contributed by atoms with Gasteiger partial charge >= 0.3 is 0 Å². The molecule has 2 fully saturated rings. The van der Waals surface area contributed by atoms with Gasteiger partial charge in [-0.15, -0.1) is 0 Å². The topological polar surface area (TPSA) is 48.9 Å². The Kier molecular flexibility index (Phi) is 8.21. The Morgan fingerprint density at radius 3 is 2.42 bits per heavy atom. The molecular formula is C21H42N4O. The smallest absolute Gasteiger partial charge is 0.191 e. The zero-order chi connectivity index (χ0) is 19.2. The molecule has 0 aromatic carbocycles. The fraction of sp³-hybridized carbons (Fsp3) is 0.952. The van der Waals surface area contributed by atoms with Crippen LogP contribution in [0.15, 0.2) is 4.99 Å². The SMILES string of the molecule is CN=C(NCC1CCCOC1C(C)(C)C)NCC(C(C)C)N1CCCC1. The van der Waals surface area contributed by atoms with E-state index in [0.717, 1.165) is 32.1 Å². The van der Waals surface area contributed by atoms with Crippen LogP contribution in [0.2, 0.25) is 0 Å². The summed E-state index contributed by atoms with van der Waals surface area (Å²) in [6.07, 6.45) is 5.39. The lowest BCUT2D eigenvalue weighted by Gasteiger charge is -2.40. The lowest BCUT2D eigenvalue weighted by Crippen LogP contribution is -2.51. The minimum atomic E-state index is 0.183. The summed E-state index contributed by atoms with van der Waals surface area (Å²) in [5, 5.41) is 7.14. The second-order valence-electron chi connectivity index (χ2n) is 9.45. The molecule has 5 heteroatoms. The highest BCUT2D eigenvalue weighted by atomic mass is 16.5. The van der Waals surface area contributed by atoms with Gasteiger partial charge in [0.05, 0.1) is 6.10 Å². The standard InChI is InChI=1S/C21H42N4O/c1-16(2)18(25-11-7-8-12-25)15-24-20(22-6)23-14-17-10-9-13-26-19(17)21(3,4)5/h16-19H,7-15H2,1-6H3,(H2,22,23,24). The average molecular weight is 367 g/mol. The Hall–Kier alpha value is -0.810. The van der Waals surface area contributed by atoms with Gasteiger partial charge in [-0.1, -0.05) is 34.6 Å². The molecule has 2 saturated heterocycles. The summed E-state index contributed by atoms with van der Waals surface area (Å²) in [7, 11) is 1.87. The largest absolute Gasteiger partial charge is 0.377 e. The zero-order valence-electron chi connectivity index (χ0n) is 18.0. The number of nitrogens with one attached hydrogen (secondary N) is 2. The summed E-state index contributed by atoms with van der Waals surface area (Å²) in [5.74, 6) is 2.12. The highest BCUT2D eigenvalue weighted by Gasteiger charge is 2.35. The van der Waals surface area contributed by atoms with Gasteiger partial charge in [0, 0.05) is 38.7 Å². The molecule has 3 atom stereocenters. The van der Waals surface area contributed by atoms with Crippen molar-refractivity contribution in [2.75, 3.05) is 39.8 Å². The number of aliphatic imine (C=N–C) groups is 1. The molecule has 2 aliphatic rings. The Morgan fingerprint density at radius 1 is 1.15 bits per heavy atom. The van der Waals surface area contributed by atoms with Gasteiger partial charge in [0.25, 0.3) is 0 Å². The molecule has 0 saturated carbocycles. The molecule has 152 valence electrons. The summed E-state index contributed by atoms with van der Waals surface area (Å²) in [6, 6.07) is 0.580. The summed E-state index contributed by atoms with van der Waals surface area (Å²) < 4.78 is 6.11. The lowest BCUT2D eigenvalue weighted by molar-refractivity contribution is -0.0835. The van der Waals surface area contributed by atoms with Crippen LogP contribution in [-0.4, -0.2) is 62.8 Å². The van der Waals surface area contributed by atoms with Gasteiger partial charge in [-0.2, -0.15) is 0 Å². The van der Waals surface area contributed by atoms with Gasteiger partial charge in [-0.05, 0) is 50.1 Å². The monoisotopic (exact) mass is 366 g/mol. The van der Waals surface area contributed by atoms with Crippen molar-refractivity contribution in [3.8, 4) is 0 Å². The van der Waals surface area contributed by atoms with Crippen LogP contribution in [0.25, 0.3) is 0 Å². The number of hydrogen-bond acceptors (Lipinski definition) is 3. The molecule has 0 bridgehead atoms. The van der Waals surface area contributed by atoms with Crippen LogP contribution in [0.5, 0.6) is 0 Å². The first kappa shape index (κ1) is 21.5. The van der Waals surface area contributed by atoms with E-state index in [-0.39, 0.29) is 5.41 Å². The number of likely N-dealkylation sites (tertiary alicyclic amines) is 1. The quantitative estimate of drug-likeness (QED) is 0.560. The first-order chi connectivity index (χ1) is 12.3. The van der Waals surface area contributed by atoms with Gasteiger partial charge in [0.2, 0.25) is 0 Å². The predicted octanol–water partition coefficient (Wildman–Crippen LogP) is 3.11. The van der Waals surface area contributed by atoms with Crippen LogP contribution >= 0.6 is 0 Å². The highest BCUT2D eigenvalue weighted by molar-refractivity contribution is 5.79. The van der Waals surface area contributed by atoms with Crippen molar-refractivity contribution in [1.82, 2.24) is 15.5 Å². The van der Waals surface area contributed by atoms with Gasteiger partial charge in [0.1, 0.15) is 0 Å². The van der Waals surface area contributed by atoms with E-state index in [1.165, 1.54) is 32.4 Å². The number of ether oxygens (including phenoxy) is 1. The highest BCUT2D eigenvalue weighted by Crippen LogP contribution is 2.33. The molecule has 0 aromatic heterocycles. The van der Waals surface area contributed by atoms with E-state index in [1.807, 2.05) is 7.05 Å². The average Bonchev–Trinajstić information content (AvgIpc) is 3.11. The number of hydrogen-bond donors (Lipinski definition) is 2. The van der Waals surface area contributed by atoms with Crippen molar-refractivity contribution in [3.63, 3.8) is 0 Å². The summed E-state index contributed by atoms with van der Waals surface area (Å²) in [5.41, 5.74) is 0.183. The zero-order valence-corrected chi connectivity index (χ0v) is 18.0. The van der Waals surface area contributed by atoms with Crippen molar-refractivity contribution in [3.05, 3.63) is 0 Å². The molecule has 2 aliphatic heterocycles. The van der Waals surface area contributed by atoms with Crippen LogP contribution in [0.4, 0.5) is 0 Å². The maximum atomic E-state index is 6.11. The Morgan fingerprint density at radius 2 is 1.85 bits per heavy atom. The van der Waals surface area contributed by atoms with Crippen LogP contribution in [0, 0.1) is 17.3 Å². The Labute approximate surface area is 161 Å². The summed E-state index contributed by atoms with van der Waals surface area (Å²) >= 11 is 0. The number of nitrogens with zero attached hydrogens (tertiary/aromatic N) is 2. The van der Waals surface area contributed by atoms with Gasteiger partial charge in [-0.3, -0.25) is 9.89 Å². The van der Waals surface area contributed by atoms with Crippen LogP contribution in [0.3, 0.4) is 0 Å². The fourth-order valence-electron chi connectivity index (χ4n) is 4.52. The third-order valence-electron chi connectivity index (χ3n) is 5.91. The second kappa shape index (κ2) is 9.93. The fourth-order valence-corrected chi connectivity index (χ4v) is 4.52. The molecule has 2 rings (SSSR count). The van der Waals surface area contributed by atoms with Crippen LogP contribution in [0.1, 0.15) is 60.3 Å². The van der Waals surface area contributed by atoms with Gasteiger partial charge in [-0.25, -0.2) is 0 Å². The minimum absolute atomic E-state index is 0.183.